The summed E-state index contributed by atoms with van der Waals surface area (Å²) in [6.45, 7) is 1.56. The molecular weight excluding hydrogens is 398 g/mol. The number of H-pyrrole nitrogens is 1. The average Bonchev–Trinajstić information content (AvgIpc) is 3.21. The number of aromatic amines is 1. The lowest BCUT2D eigenvalue weighted by Gasteiger charge is -2.28. The van der Waals surface area contributed by atoms with Gasteiger partial charge in [-0.15, -0.1) is 0 Å². The van der Waals surface area contributed by atoms with Crippen molar-refractivity contribution in [2.75, 3.05) is 13.2 Å². The van der Waals surface area contributed by atoms with Crippen molar-refractivity contribution in [2.24, 2.45) is 21.8 Å². The molecule has 0 radical (unpaired) electrons. The molecule has 12 heteroatoms. The molecule has 1 saturated heterocycles. The van der Waals surface area contributed by atoms with Crippen LogP contribution in [0.5, 0.6) is 0 Å². The Kier molecular flexibility index (Phi) is 5.24. The van der Waals surface area contributed by atoms with Gasteiger partial charge in [0.25, 0.3) is 0 Å². The largest absolute Gasteiger partial charge is 0.394 e. The van der Waals surface area contributed by atoms with Crippen LogP contribution in [0.15, 0.2) is 26.6 Å². The van der Waals surface area contributed by atoms with E-state index in [1.54, 1.807) is 24.2 Å². The molecule has 3 aliphatic rings. The van der Waals surface area contributed by atoms with E-state index in [2.05, 4.69) is 15.0 Å². The number of aliphatic imine (C=N–C) groups is 1. The highest BCUT2D eigenvalue weighted by molar-refractivity contribution is 5.87. The summed E-state index contributed by atoms with van der Waals surface area (Å²) in [6, 6.07) is 0. The van der Waals surface area contributed by atoms with Crippen LogP contribution in [0, 0.1) is 11.8 Å². The number of aliphatic hydroxyl groups excluding tert-OH is 3. The number of nitrogens with one attached hydrogen (secondary N) is 1. The van der Waals surface area contributed by atoms with Gasteiger partial charge < -0.3 is 39.5 Å². The Bertz CT molecular complexity index is 1100. The van der Waals surface area contributed by atoms with E-state index >= 15 is 0 Å². The van der Waals surface area contributed by atoms with Gasteiger partial charge in [0.1, 0.15) is 36.2 Å². The second-order valence-electron chi connectivity index (χ2n) is 7.41. The Hall–Kier alpha value is -2.93. The first-order chi connectivity index (χ1) is 14.4. The lowest BCUT2D eigenvalue weighted by molar-refractivity contribution is -0.120. The lowest BCUT2D eigenvalue weighted by Crippen LogP contribution is -2.46. The summed E-state index contributed by atoms with van der Waals surface area (Å²) in [4.78, 5) is 47.6. The molecule has 4 N–H and O–H groups in total. The number of rotatable bonds is 6. The molecule has 4 rings (SSSR count). The molecule has 12 nitrogen and oxygen atoms in total. The van der Waals surface area contributed by atoms with Gasteiger partial charge >= 0.3 is 5.69 Å². The van der Waals surface area contributed by atoms with Crippen LogP contribution in [0.3, 0.4) is 0 Å². The number of guanidine groups is 1. The fourth-order valence-corrected chi connectivity index (χ4v) is 3.74. The number of imidazole rings is 1. The second-order valence-corrected chi connectivity index (χ2v) is 7.41. The molecule has 1 fully saturated rings. The molecule has 0 aromatic carbocycles. The maximum absolute atomic E-state index is 12.5. The first kappa shape index (κ1) is 20.3. The number of hydrogen-bond donors (Lipinski definition) is 4. The van der Waals surface area contributed by atoms with Crippen LogP contribution in [0.1, 0.15) is 13.2 Å². The number of aldehydes is 2. The number of carbonyl (C=O) groups is 2. The highest BCUT2D eigenvalue weighted by atomic mass is 16.6. The van der Waals surface area contributed by atoms with Gasteiger partial charge in [0.15, 0.2) is 11.7 Å². The van der Waals surface area contributed by atoms with E-state index in [1.165, 1.54) is 0 Å². The van der Waals surface area contributed by atoms with Crippen LogP contribution in [0.4, 0.5) is 0 Å². The summed E-state index contributed by atoms with van der Waals surface area (Å²) in [5.74, 6) is -0.854. The van der Waals surface area contributed by atoms with Gasteiger partial charge in [0.05, 0.1) is 12.5 Å². The number of nitrogens with zero attached hydrogens (tertiary/aromatic N) is 4. The minimum atomic E-state index is -1.43. The number of fused-ring (bicyclic) bond motifs is 2. The van der Waals surface area contributed by atoms with Gasteiger partial charge in [-0.25, -0.2) is 14.4 Å². The summed E-state index contributed by atoms with van der Waals surface area (Å²) < 4.78 is 6.52. The molecule has 5 atom stereocenters. The molecule has 0 aliphatic carbocycles. The Balaban J connectivity index is 1.72. The fourth-order valence-electron chi connectivity index (χ4n) is 3.74. The van der Waals surface area contributed by atoms with Crippen molar-refractivity contribution in [2.45, 2.75) is 31.5 Å². The molecule has 3 aliphatic heterocycles. The molecule has 1 aromatic rings. The van der Waals surface area contributed by atoms with Crippen LogP contribution in [0.25, 0.3) is 6.20 Å². The van der Waals surface area contributed by atoms with Crippen LogP contribution in [0.2, 0.25) is 0 Å². The first-order valence-electron chi connectivity index (χ1n) is 9.37. The number of hydrogen-bond acceptors (Lipinski definition) is 10. The molecule has 160 valence electrons. The molecule has 0 bridgehead atoms. The van der Waals surface area contributed by atoms with Crippen molar-refractivity contribution in [3.8, 4) is 0 Å². The van der Waals surface area contributed by atoms with Gasteiger partial charge in [-0.3, -0.25) is 0 Å². The van der Waals surface area contributed by atoms with Crippen molar-refractivity contribution in [3.63, 3.8) is 0 Å². The van der Waals surface area contributed by atoms with Crippen LogP contribution < -0.4 is 16.5 Å². The third-order valence-corrected chi connectivity index (χ3v) is 5.62. The Morgan fingerprint density at radius 2 is 2.07 bits per heavy atom. The predicted octanol–water partition coefficient (Wildman–Crippen LogP) is -3.64. The SMILES string of the molecule is CC(C1=CN=C2N=c3c([nH]c(=O)n3[C@@H]3O[C@H](CO)[C@@H](O)[C@H]3O)=CN2C1)C(C=O)C=O. The maximum Gasteiger partial charge on any atom is 0.329 e. The quantitative estimate of drug-likeness (QED) is 0.270. The number of ether oxygens (including phenoxy) is 1. The van der Waals surface area contributed by atoms with Crippen molar-refractivity contribution in [1.29, 1.82) is 0 Å². The van der Waals surface area contributed by atoms with E-state index in [9.17, 15) is 29.7 Å². The molecular formula is C18H21N5O7. The second kappa shape index (κ2) is 7.72. The van der Waals surface area contributed by atoms with E-state index in [4.69, 9.17) is 4.74 Å². The third-order valence-electron chi connectivity index (χ3n) is 5.62. The highest BCUT2D eigenvalue weighted by Gasteiger charge is 2.44. The van der Waals surface area contributed by atoms with E-state index in [0.717, 1.165) is 10.1 Å². The summed E-state index contributed by atoms with van der Waals surface area (Å²) in [5, 5.41) is 29.9. The van der Waals surface area contributed by atoms with Crippen molar-refractivity contribution in [1.82, 2.24) is 14.5 Å². The van der Waals surface area contributed by atoms with Crippen molar-refractivity contribution in [3.05, 3.63) is 33.1 Å². The summed E-state index contributed by atoms with van der Waals surface area (Å²) >= 11 is 0. The van der Waals surface area contributed by atoms with Gasteiger partial charge in [-0.05, 0) is 11.5 Å². The lowest BCUT2D eigenvalue weighted by atomic mass is 9.89. The number of aliphatic hydroxyl groups is 3. The molecule has 30 heavy (non-hydrogen) atoms. The summed E-state index contributed by atoms with van der Waals surface area (Å²) in [6.07, 6.45) is -0.714. The zero-order chi connectivity index (χ0) is 21.6. The Morgan fingerprint density at radius 1 is 1.33 bits per heavy atom. The van der Waals surface area contributed by atoms with Crippen LogP contribution in [-0.4, -0.2) is 79.8 Å². The standard InChI is InChI=1S/C18H21N5O7/c1-8(10(5-24)6-25)9-2-19-17-21-15-11(4-22(17)3-9)20-18(29)23(15)16-14(28)13(27)12(7-26)30-16/h2,4-6,8,10,12-14,16,26-28H,3,7H2,1H3,(H,20,29)/t8?,12-,13-,14-,16-/m1/s1. The predicted molar refractivity (Wildman–Crippen MR) is 100 cm³/mol. The smallest absolute Gasteiger partial charge is 0.329 e. The number of carbonyl (C=O) groups excluding carboxylic acids is 2. The van der Waals surface area contributed by atoms with E-state index < -0.39 is 42.8 Å². The summed E-state index contributed by atoms with van der Waals surface area (Å²) in [5.41, 5.74) is 0.301. The zero-order valence-corrected chi connectivity index (χ0v) is 16.0. The van der Waals surface area contributed by atoms with Gasteiger partial charge in [-0.1, -0.05) is 6.92 Å². The molecule has 0 amide bonds. The minimum absolute atomic E-state index is 0.161. The summed E-state index contributed by atoms with van der Waals surface area (Å²) in [7, 11) is 0. The molecule has 1 aromatic heterocycles. The van der Waals surface area contributed by atoms with Crippen LogP contribution >= 0.6 is 0 Å². The van der Waals surface area contributed by atoms with Crippen LogP contribution in [-0.2, 0) is 14.3 Å². The Morgan fingerprint density at radius 3 is 2.70 bits per heavy atom. The first-order valence-corrected chi connectivity index (χ1v) is 9.37. The van der Waals surface area contributed by atoms with Gasteiger partial charge in [0, 0.05) is 18.9 Å². The van der Waals surface area contributed by atoms with E-state index in [0.29, 0.717) is 24.5 Å². The molecule has 0 spiro atoms. The van der Waals surface area contributed by atoms with E-state index in [-0.39, 0.29) is 17.4 Å². The van der Waals surface area contributed by atoms with Crippen molar-refractivity contribution >= 4 is 24.7 Å². The zero-order valence-electron chi connectivity index (χ0n) is 16.0. The topological polar surface area (TPSA) is 170 Å². The molecule has 4 heterocycles. The molecule has 0 saturated carbocycles. The maximum atomic E-state index is 12.5. The third kappa shape index (κ3) is 3.13. The number of aromatic nitrogens is 2. The van der Waals surface area contributed by atoms with Gasteiger partial charge in [0.2, 0.25) is 5.96 Å². The monoisotopic (exact) mass is 419 g/mol. The normalized spacial score (nSPS) is 28.6. The highest BCUT2D eigenvalue weighted by Crippen LogP contribution is 2.27. The van der Waals surface area contributed by atoms with Gasteiger partial charge in [-0.2, -0.15) is 4.99 Å². The van der Waals surface area contributed by atoms with Crippen molar-refractivity contribution < 1.29 is 29.6 Å². The Labute approximate surface area is 169 Å². The fraction of sp³-hybridized carbons (Fsp3) is 0.500. The van der Waals surface area contributed by atoms with E-state index in [1.807, 2.05) is 0 Å². The molecule has 1 unspecified atom stereocenters. The average molecular weight is 419 g/mol. The minimum Gasteiger partial charge on any atom is -0.394 e.